The Bertz CT molecular complexity index is 1580. The summed E-state index contributed by atoms with van der Waals surface area (Å²) >= 11 is 0. The van der Waals surface area contributed by atoms with Crippen LogP contribution in [0.3, 0.4) is 0 Å². The molecule has 1 fully saturated rings. The molecule has 1 saturated heterocycles. The molecular weight excluding hydrogens is 496 g/mol. The minimum atomic E-state index is -0.157. The number of hydrogen-bond donors (Lipinski definition) is 1. The lowest BCUT2D eigenvalue weighted by Gasteiger charge is -2.29. The molecule has 1 N–H and O–H groups in total. The number of amides is 1. The minimum Gasteiger partial charge on any atom is -0.345 e. The molecule has 6 heteroatoms. The van der Waals surface area contributed by atoms with Gasteiger partial charge in [-0.25, -0.2) is 0 Å². The molecule has 0 unspecified atom stereocenters. The van der Waals surface area contributed by atoms with E-state index in [4.69, 9.17) is 5.10 Å². The summed E-state index contributed by atoms with van der Waals surface area (Å²) in [4.78, 5) is 29.1. The van der Waals surface area contributed by atoms with Crippen molar-refractivity contribution in [1.29, 1.82) is 0 Å². The Morgan fingerprint density at radius 1 is 0.950 bits per heavy atom. The summed E-state index contributed by atoms with van der Waals surface area (Å²) in [7, 11) is 0. The molecule has 40 heavy (non-hydrogen) atoms. The van der Waals surface area contributed by atoms with Crippen LogP contribution in [-0.4, -0.2) is 33.7 Å². The number of aryl methyl sites for hydroxylation is 1. The van der Waals surface area contributed by atoms with Crippen molar-refractivity contribution in [2.45, 2.75) is 70.9 Å². The summed E-state index contributed by atoms with van der Waals surface area (Å²) in [6, 6.07) is 21.7. The number of nitrogens with one attached hydrogen (secondary N) is 1. The van der Waals surface area contributed by atoms with Crippen molar-refractivity contribution >= 4 is 16.7 Å². The maximum absolute atomic E-state index is 13.3. The Morgan fingerprint density at radius 2 is 1.70 bits per heavy atom. The van der Waals surface area contributed by atoms with Crippen LogP contribution in [-0.2, 0) is 13.0 Å². The SMILES string of the molecule is CC(C)c1nn(-c2ccc(C(=O)N[C@@H]3CCCc4cc(CN5CCCCC5)ccc43)cc2)c(=O)c2ccccc12. The third-order valence-electron chi connectivity index (χ3n) is 8.44. The summed E-state index contributed by atoms with van der Waals surface area (Å²) in [6.07, 6.45) is 7.03. The second-order valence-corrected chi connectivity index (χ2v) is 11.6. The molecule has 3 aromatic carbocycles. The summed E-state index contributed by atoms with van der Waals surface area (Å²) in [5.41, 5.74) is 5.94. The van der Waals surface area contributed by atoms with E-state index in [1.807, 2.05) is 36.4 Å². The number of nitrogens with zero attached hydrogens (tertiary/aromatic N) is 3. The van der Waals surface area contributed by atoms with Gasteiger partial charge in [-0.2, -0.15) is 9.78 Å². The van der Waals surface area contributed by atoms with E-state index in [1.54, 1.807) is 12.1 Å². The zero-order valence-corrected chi connectivity index (χ0v) is 23.5. The normalized spacial score (nSPS) is 17.6. The average Bonchev–Trinajstić information content (AvgIpc) is 2.98. The van der Waals surface area contributed by atoms with Crippen molar-refractivity contribution in [1.82, 2.24) is 20.0 Å². The predicted molar refractivity (Wildman–Crippen MR) is 160 cm³/mol. The molecule has 206 valence electrons. The van der Waals surface area contributed by atoms with Gasteiger partial charge >= 0.3 is 0 Å². The van der Waals surface area contributed by atoms with E-state index in [2.05, 4.69) is 42.3 Å². The largest absolute Gasteiger partial charge is 0.345 e. The highest BCUT2D eigenvalue weighted by Gasteiger charge is 2.23. The lowest BCUT2D eigenvalue weighted by atomic mass is 9.86. The first-order valence-corrected chi connectivity index (χ1v) is 14.8. The van der Waals surface area contributed by atoms with Crippen molar-refractivity contribution in [3.8, 4) is 5.69 Å². The number of carbonyl (C=O) groups excluding carboxylic acids is 1. The first-order valence-electron chi connectivity index (χ1n) is 14.8. The number of rotatable bonds is 6. The first-order chi connectivity index (χ1) is 19.5. The molecule has 0 bridgehead atoms. The van der Waals surface area contributed by atoms with Gasteiger partial charge in [0.05, 0.1) is 22.8 Å². The van der Waals surface area contributed by atoms with E-state index >= 15 is 0 Å². The quantitative estimate of drug-likeness (QED) is 0.315. The monoisotopic (exact) mass is 534 g/mol. The van der Waals surface area contributed by atoms with Crippen LogP contribution in [0.1, 0.15) is 90.7 Å². The average molecular weight is 535 g/mol. The Hall–Kier alpha value is -3.77. The Labute approximate surface area is 236 Å². The standard InChI is InChI=1S/C34H38N4O2/c1-23(2)32-29-10-4-5-11-30(29)34(40)38(36-32)27-16-14-25(15-17-27)33(39)35-31-12-8-9-26-21-24(13-18-28(26)31)22-37-19-6-3-7-20-37/h4-5,10-11,13-18,21,23,31H,3,6-9,12,19-20,22H2,1-2H3,(H,35,39)/t31-/m1/s1. The summed E-state index contributed by atoms with van der Waals surface area (Å²) in [5, 5.41) is 9.53. The van der Waals surface area contributed by atoms with E-state index < -0.39 is 0 Å². The van der Waals surface area contributed by atoms with Crippen molar-refractivity contribution in [3.63, 3.8) is 0 Å². The molecule has 0 radical (unpaired) electrons. The van der Waals surface area contributed by atoms with Gasteiger partial charge in [0.1, 0.15) is 0 Å². The molecule has 6 rings (SSSR count). The molecule has 0 saturated carbocycles. The maximum Gasteiger partial charge on any atom is 0.279 e. The van der Waals surface area contributed by atoms with Gasteiger partial charge in [-0.3, -0.25) is 14.5 Å². The van der Waals surface area contributed by atoms with Crippen LogP contribution in [0, 0.1) is 0 Å². The van der Waals surface area contributed by atoms with Gasteiger partial charge in [0.25, 0.3) is 11.5 Å². The summed E-state index contributed by atoms with van der Waals surface area (Å²) in [5.74, 6) is 0.0736. The molecule has 2 aliphatic rings. The van der Waals surface area contributed by atoms with E-state index in [9.17, 15) is 9.59 Å². The molecule has 1 aromatic heterocycles. The fraction of sp³-hybridized carbons (Fsp3) is 0.382. The number of likely N-dealkylation sites (tertiary alicyclic amines) is 1. The van der Waals surface area contributed by atoms with Crippen LogP contribution >= 0.6 is 0 Å². The predicted octanol–water partition coefficient (Wildman–Crippen LogP) is 6.30. The smallest absolute Gasteiger partial charge is 0.279 e. The second-order valence-electron chi connectivity index (χ2n) is 11.6. The Morgan fingerprint density at radius 3 is 2.45 bits per heavy atom. The second kappa shape index (κ2) is 11.4. The van der Waals surface area contributed by atoms with Gasteiger partial charge in [-0.05, 0) is 98.1 Å². The lowest BCUT2D eigenvalue weighted by molar-refractivity contribution is 0.0932. The van der Waals surface area contributed by atoms with E-state index in [0.717, 1.165) is 36.9 Å². The third-order valence-corrected chi connectivity index (χ3v) is 8.44. The highest BCUT2D eigenvalue weighted by atomic mass is 16.1. The van der Waals surface area contributed by atoms with Gasteiger partial charge in [0.15, 0.2) is 0 Å². The Balaban J connectivity index is 1.19. The minimum absolute atomic E-state index is 0.0123. The Kier molecular flexibility index (Phi) is 7.53. The van der Waals surface area contributed by atoms with Gasteiger partial charge in [0, 0.05) is 17.5 Å². The van der Waals surface area contributed by atoms with Gasteiger partial charge in [-0.15, -0.1) is 0 Å². The van der Waals surface area contributed by atoms with Crippen LogP contribution in [0.25, 0.3) is 16.5 Å². The number of fused-ring (bicyclic) bond motifs is 2. The van der Waals surface area contributed by atoms with Crippen LogP contribution in [0.15, 0.2) is 71.5 Å². The summed E-state index contributed by atoms with van der Waals surface area (Å²) < 4.78 is 1.46. The fourth-order valence-corrected chi connectivity index (χ4v) is 6.30. The third kappa shape index (κ3) is 5.33. The molecule has 4 aromatic rings. The highest BCUT2D eigenvalue weighted by Crippen LogP contribution is 2.31. The van der Waals surface area contributed by atoms with Gasteiger partial charge in [0.2, 0.25) is 0 Å². The zero-order chi connectivity index (χ0) is 27.6. The number of benzene rings is 3. The topological polar surface area (TPSA) is 67.2 Å². The van der Waals surface area contributed by atoms with E-state index in [-0.39, 0.29) is 23.4 Å². The van der Waals surface area contributed by atoms with Gasteiger partial charge in [-0.1, -0.05) is 56.7 Å². The van der Waals surface area contributed by atoms with Crippen molar-refractivity contribution in [2.75, 3.05) is 13.1 Å². The van der Waals surface area contributed by atoms with Crippen molar-refractivity contribution in [2.24, 2.45) is 0 Å². The number of aromatic nitrogens is 2. The molecule has 1 atom stereocenters. The molecule has 2 heterocycles. The zero-order valence-electron chi connectivity index (χ0n) is 23.5. The molecule has 6 nitrogen and oxygen atoms in total. The first kappa shape index (κ1) is 26.5. The maximum atomic E-state index is 13.3. The fourth-order valence-electron chi connectivity index (χ4n) is 6.30. The molecule has 0 spiro atoms. The highest BCUT2D eigenvalue weighted by molar-refractivity contribution is 5.94. The van der Waals surface area contributed by atoms with Crippen LogP contribution in [0.5, 0.6) is 0 Å². The summed E-state index contributed by atoms with van der Waals surface area (Å²) in [6.45, 7) is 7.56. The van der Waals surface area contributed by atoms with Crippen LogP contribution < -0.4 is 10.9 Å². The van der Waals surface area contributed by atoms with E-state index in [1.165, 1.54) is 53.7 Å². The van der Waals surface area contributed by atoms with Crippen LogP contribution in [0.2, 0.25) is 0 Å². The number of hydrogen-bond acceptors (Lipinski definition) is 4. The van der Waals surface area contributed by atoms with E-state index in [0.29, 0.717) is 16.6 Å². The molecular formula is C34H38N4O2. The molecule has 1 amide bonds. The lowest BCUT2D eigenvalue weighted by Crippen LogP contribution is -2.31. The molecule has 1 aliphatic carbocycles. The number of piperidine rings is 1. The number of carbonyl (C=O) groups is 1. The van der Waals surface area contributed by atoms with Crippen molar-refractivity contribution < 1.29 is 4.79 Å². The van der Waals surface area contributed by atoms with Crippen LogP contribution in [0.4, 0.5) is 0 Å². The van der Waals surface area contributed by atoms with Gasteiger partial charge < -0.3 is 5.32 Å². The van der Waals surface area contributed by atoms with Crippen molar-refractivity contribution in [3.05, 3.63) is 105 Å². The molecule has 1 aliphatic heterocycles.